The molecule has 18 heavy (non-hydrogen) atoms. The van der Waals surface area contributed by atoms with E-state index in [9.17, 15) is 4.79 Å². The summed E-state index contributed by atoms with van der Waals surface area (Å²) in [4.78, 5) is 14.3. The number of amides is 1. The monoisotopic (exact) mass is 265 g/mol. The third-order valence-electron chi connectivity index (χ3n) is 3.26. The normalized spacial score (nSPS) is 22.4. The summed E-state index contributed by atoms with van der Waals surface area (Å²) in [5.41, 5.74) is 3.29. The molecular weight excluding hydrogens is 246 g/mol. The molecule has 1 aromatic rings. The first kappa shape index (κ1) is 13.4. The summed E-state index contributed by atoms with van der Waals surface area (Å²) in [7, 11) is 0. The van der Waals surface area contributed by atoms with Gasteiger partial charge in [0.15, 0.2) is 0 Å². The lowest BCUT2D eigenvalue weighted by atomic mass is 10.0. The quantitative estimate of drug-likeness (QED) is 0.489. The Bertz CT molecular complexity index is 398. The van der Waals surface area contributed by atoms with Crippen molar-refractivity contribution in [3.63, 3.8) is 0 Å². The molecule has 0 aliphatic carbocycles. The molecular formula is C13H19N3OS. The molecule has 3 N–H and O–H groups in total. The number of hydrogen-bond donors (Lipinski definition) is 2. The fourth-order valence-electron chi connectivity index (χ4n) is 2.33. The van der Waals surface area contributed by atoms with Crippen LogP contribution in [0.5, 0.6) is 0 Å². The Morgan fingerprint density at radius 2 is 2.22 bits per heavy atom. The van der Waals surface area contributed by atoms with Gasteiger partial charge in [-0.2, -0.15) is 11.8 Å². The molecule has 1 aromatic carbocycles. The molecule has 2 atom stereocenters. The molecule has 4 nitrogen and oxygen atoms in total. The summed E-state index contributed by atoms with van der Waals surface area (Å²) in [5, 5.41) is 0. The van der Waals surface area contributed by atoms with Crippen LogP contribution in [0.15, 0.2) is 30.3 Å². The standard InChI is InChI=1S/C13H19N3OS/c1-10-9-18-8-7-16(10)12(13(17)15-14)11-5-3-2-4-6-11/h2-6,10,12H,7-9,14H2,1H3,(H,15,17). The summed E-state index contributed by atoms with van der Waals surface area (Å²) >= 11 is 1.93. The van der Waals surface area contributed by atoms with Crippen molar-refractivity contribution in [1.82, 2.24) is 10.3 Å². The lowest BCUT2D eigenvalue weighted by Crippen LogP contribution is -2.49. The van der Waals surface area contributed by atoms with Gasteiger partial charge < -0.3 is 0 Å². The van der Waals surface area contributed by atoms with Gasteiger partial charge in [-0.3, -0.25) is 15.1 Å². The van der Waals surface area contributed by atoms with Crippen LogP contribution in [0, 0.1) is 0 Å². The van der Waals surface area contributed by atoms with Crippen molar-refractivity contribution in [3.8, 4) is 0 Å². The van der Waals surface area contributed by atoms with Gasteiger partial charge in [0.05, 0.1) is 0 Å². The summed E-state index contributed by atoms with van der Waals surface area (Å²) < 4.78 is 0. The lowest BCUT2D eigenvalue weighted by molar-refractivity contribution is -0.127. The molecule has 1 aliphatic rings. The predicted octanol–water partition coefficient (Wildman–Crippen LogP) is 1.15. The molecule has 2 rings (SSSR count). The van der Waals surface area contributed by atoms with Gasteiger partial charge in [-0.15, -0.1) is 0 Å². The Morgan fingerprint density at radius 3 is 2.83 bits per heavy atom. The largest absolute Gasteiger partial charge is 0.293 e. The first-order valence-corrected chi connectivity index (χ1v) is 7.28. The van der Waals surface area contributed by atoms with Gasteiger partial charge in [0.2, 0.25) is 0 Å². The van der Waals surface area contributed by atoms with Gasteiger partial charge in [-0.1, -0.05) is 30.3 Å². The maximum absolute atomic E-state index is 12.1. The van der Waals surface area contributed by atoms with Crippen LogP contribution in [-0.4, -0.2) is 34.9 Å². The number of rotatable bonds is 3. The molecule has 0 bridgehead atoms. The minimum Gasteiger partial charge on any atom is -0.293 e. The number of thioether (sulfide) groups is 1. The number of nitrogens with zero attached hydrogens (tertiary/aromatic N) is 1. The van der Waals surface area contributed by atoms with Crippen LogP contribution >= 0.6 is 11.8 Å². The average molecular weight is 265 g/mol. The van der Waals surface area contributed by atoms with Crippen molar-refractivity contribution in [3.05, 3.63) is 35.9 Å². The fourth-order valence-corrected chi connectivity index (χ4v) is 3.37. The van der Waals surface area contributed by atoms with Gasteiger partial charge >= 0.3 is 0 Å². The average Bonchev–Trinajstić information content (AvgIpc) is 2.42. The zero-order valence-corrected chi connectivity index (χ0v) is 11.3. The molecule has 1 fully saturated rings. The topological polar surface area (TPSA) is 58.4 Å². The van der Waals surface area contributed by atoms with Crippen molar-refractivity contribution in [1.29, 1.82) is 0 Å². The summed E-state index contributed by atoms with van der Waals surface area (Å²) in [6.07, 6.45) is 0. The number of nitrogens with one attached hydrogen (secondary N) is 1. The van der Waals surface area contributed by atoms with Crippen molar-refractivity contribution in [2.75, 3.05) is 18.1 Å². The maximum Gasteiger partial charge on any atom is 0.255 e. The van der Waals surface area contributed by atoms with Crippen LogP contribution in [0.2, 0.25) is 0 Å². The van der Waals surface area contributed by atoms with E-state index in [1.807, 2.05) is 42.1 Å². The summed E-state index contributed by atoms with van der Waals surface area (Å²) in [6.45, 7) is 3.07. The van der Waals surface area contributed by atoms with E-state index in [-0.39, 0.29) is 11.9 Å². The van der Waals surface area contributed by atoms with Crippen LogP contribution in [0.1, 0.15) is 18.5 Å². The Kier molecular flexibility index (Phi) is 4.63. The molecule has 1 aliphatic heterocycles. The molecule has 0 saturated carbocycles. The number of hydrogen-bond acceptors (Lipinski definition) is 4. The smallest absolute Gasteiger partial charge is 0.255 e. The van der Waals surface area contributed by atoms with Gasteiger partial charge in [-0.25, -0.2) is 5.84 Å². The van der Waals surface area contributed by atoms with E-state index in [0.717, 1.165) is 23.6 Å². The molecule has 1 heterocycles. The van der Waals surface area contributed by atoms with Crippen LogP contribution < -0.4 is 11.3 Å². The third-order valence-corrected chi connectivity index (χ3v) is 4.45. The second-order valence-corrected chi connectivity index (χ2v) is 5.63. The first-order valence-electron chi connectivity index (χ1n) is 6.13. The van der Waals surface area contributed by atoms with Crippen molar-refractivity contribution < 1.29 is 4.79 Å². The Balaban J connectivity index is 2.27. The van der Waals surface area contributed by atoms with E-state index in [0.29, 0.717) is 6.04 Å². The van der Waals surface area contributed by atoms with E-state index in [1.54, 1.807) is 0 Å². The molecule has 0 aromatic heterocycles. The number of nitrogens with two attached hydrogens (primary N) is 1. The molecule has 1 saturated heterocycles. The predicted molar refractivity (Wildman–Crippen MR) is 75.0 cm³/mol. The van der Waals surface area contributed by atoms with Gasteiger partial charge in [-0.05, 0) is 12.5 Å². The zero-order valence-electron chi connectivity index (χ0n) is 10.5. The van der Waals surface area contributed by atoms with Gasteiger partial charge in [0, 0.05) is 24.1 Å². The minimum absolute atomic E-state index is 0.139. The second-order valence-electron chi connectivity index (χ2n) is 4.48. The Hall–Kier alpha value is -1.04. The summed E-state index contributed by atoms with van der Waals surface area (Å²) in [6, 6.07) is 9.92. The van der Waals surface area contributed by atoms with Crippen LogP contribution in [0.3, 0.4) is 0 Å². The van der Waals surface area contributed by atoms with Crippen molar-refractivity contribution >= 4 is 17.7 Å². The lowest BCUT2D eigenvalue weighted by Gasteiger charge is -2.38. The van der Waals surface area contributed by atoms with E-state index in [1.165, 1.54) is 0 Å². The second kappa shape index (κ2) is 6.22. The molecule has 1 amide bonds. The number of carbonyl (C=O) groups is 1. The Labute approximate surface area is 112 Å². The molecule has 2 unspecified atom stereocenters. The molecule has 0 spiro atoms. The first-order chi connectivity index (χ1) is 8.74. The van der Waals surface area contributed by atoms with Crippen LogP contribution in [0.4, 0.5) is 0 Å². The number of hydrazine groups is 1. The van der Waals surface area contributed by atoms with Crippen molar-refractivity contribution in [2.24, 2.45) is 5.84 Å². The zero-order chi connectivity index (χ0) is 13.0. The highest BCUT2D eigenvalue weighted by Gasteiger charge is 2.32. The fraction of sp³-hybridized carbons (Fsp3) is 0.462. The number of carbonyl (C=O) groups excluding carboxylic acids is 1. The van der Waals surface area contributed by atoms with Crippen LogP contribution in [0.25, 0.3) is 0 Å². The highest BCUT2D eigenvalue weighted by atomic mass is 32.2. The molecule has 98 valence electrons. The van der Waals surface area contributed by atoms with Gasteiger partial charge in [0.25, 0.3) is 5.91 Å². The van der Waals surface area contributed by atoms with E-state index in [2.05, 4.69) is 17.2 Å². The summed E-state index contributed by atoms with van der Waals surface area (Å²) in [5.74, 6) is 7.31. The molecule has 0 radical (unpaired) electrons. The SMILES string of the molecule is CC1CSCCN1C(C(=O)NN)c1ccccc1. The Morgan fingerprint density at radius 1 is 1.50 bits per heavy atom. The van der Waals surface area contributed by atoms with E-state index < -0.39 is 0 Å². The van der Waals surface area contributed by atoms with Crippen molar-refractivity contribution in [2.45, 2.75) is 19.0 Å². The van der Waals surface area contributed by atoms with Gasteiger partial charge in [0.1, 0.15) is 6.04 Å². The minimum atomic E-state index is -0.285. The maximum atomic E-state index is 12.1. The van der Waals surface area contributed by atoms with E-state index >= 15 is 0 Å². The third kappa shape index (κ3) is 2.85. The van der Waals surface area contributed by atoms with E-state index in [4.69, 9.17) is 5.84 Å². The van der Waals surface area contributed by atoms with Crippen LogP contribution in [-0.2, 0) is 4.79 Å². The highest BCUT2D eigenvalue weighted by Crippen LogP contribution is 2.27. The molecule has 5 heteroatoms. The highest BCUT2D eigenvalue weighted by molar-refractivity contribution is 7.99. The number of benzene rings is 1.